The number of esters is 1. The van der Waals surface area contributed by atoms with Gasteiger partial charge in [0, 0.05) is 27.3 Å². The van der Waals surface area contributed by atoms with E-state index in [-0.39, 0.29) is 6.61 Å². The molecule has 0 radical (unpaired) electrons. The molecule has 0 aliphatic heterocycles. The summed E-state index contributed by atoms with van der Waals surface area (Å²) in [5.74, 6) is -0.451. The van der Waals surface area contributed by atoms with Gasteiger partial charge in [0.25, 0.3) is 0 Å². The van der Waals surface area contributed by atoms with Gasteiger partial charge in [-0.1, -0.05) is 39.3 Å². The molecule has 1 aromatic carbocycles. The van der Waals surface area contributed by atoms with Crippen LogP contribution in [0.15, 0.2) is 49.3 Å². The third kappa shape index (κ3) is 5.89. The Morgan fingerprint density at radius 2 is 2.11 bits per heavy atom. The Labute approximate surface area is 185 Å². The van der Waals surface area contributed by atoms with Crippen LogP contribution in [-0.4, -0.2) is 32.7 Å². The number of carbonyl (C=O) groups excluding carboxylic acids is 1. The maximum Gasteiger partial charge on any atom is 0.340 e. The number of ether oxygens (including phenoxy) is 1. The van der Waals surface area contributed by atoms with E-state index in [9.17, 15) is 9.00 Å². The van der Waals surface area contributed by atoms with Gasteiger partial charge in [-0.25, -0.2) is 14.0 Å². The second-order valence-electron chi connectivity index (χ2n) is 6.55. The monoisotopic (exact) mass is 502 g/mol. The minimum Gasteiger partial charge on any atom is -0.462 e. The molecule has 1 aromatic heterocycles. The Hall–Kier alpha value is -1.22. The first kappa shape index (κ1) is 23.1. The minimum absolute atomic E-state index is 0.270. The van der Waals surface area contributed by atoms with E-state index < -0.39 is 21.7 Å². The van der Waals surface area contributed by atoms with Crippen LogP contribution in [-0.2, 0) is 15.7 Å². The molecule has 1 unspecified atom stereocenters. The van der Waals surface area contributed by atoms with E-state index in [0.29, 0.717) is 26.1 Å². The van der Waals surface area contributed by atoms with Gasteiger partial charge < -0.3 is 4.74 Å². The molecule has 2 aromatic rings. The molecule has 1 atom stereocenters. The fourth-order valence-corrected chi connectivity index (χ4v) is 4.33. The number of hydrogen-bond acceptors (Lipinski definition) is 5. The average Bonchev–Trinajstić information content (AvgIpc) is 2.63. The molecule has 5 nitrogen and oxygen atoms in total. The highest BCUT2D eigenvalue weighted by molar-refractivity contribution is 9.10. The summed E-state index contributed by atoms with van der Waals surface area (Å²) in [5.41, 5.74) is 1.02. The highest BCUT2D eigenvalue weighted by atomic mass is 79.9. The lowest BCUT2D eigenvalue weighted by atomic mass is 10.2. The van der Waals surface area contributed by atoms with Crippen molar-refractivity contribution in [3.63, 3.8) is 0 Å². The highest BCUT2D eigenvalue weighted by Gasteiger charge is 2.21. The molecule has 0 saturated heterocycles. The standard InChI is InChI=1S/C19H20BrClN2O3S2/c1-5-26-18(24)12-7-6-10-22-17(12)27-16-13(14(20)8-9-15(16)21)11-23-28(25)19(2,3)4/h6-11H,5H2,1-4H3. The van der Waals surface area contributed by atoms with Crippen LogP contribution in [0.25, 0.3) is 0 Å². The van der Waals surface area contributed by atoms with Gasteiger partial charge in [-0.05, 0) is 52.0 Å². The summed E-state index contributed by atoms with van der Waals surface area (Å²) < 4.78 is 21.9. The van der Waals surface area contributed by atoms with E-state index in [2.05, 4.69) is 25.3 Å². The number of halogens is 2. The summed E-state index contributed by atoms with van der Waals surface area (Å²) in [4.78, 5) is 17.2. The smallest absolute Gasteiger partial charge is 0.340 e. The van der Waals surface area contributed by atoms with Gasteiger partial charge >= 0.3 is 5.97 Å². The molecule has 0 bridgehead atoms. The van der Waals surface area contributed by atoms with E-state index in [1.54, 1.807) is 37.4 Å². The Balaban J connectivity index is 2.48. The molecule has 2 rings (SSSR count). The van der Waals surface area contributed by atoms with Gasteiger partial charge in [0.15, 0.2) is 0 Å². The first-order valence-electron chi connectivity index (χ1n) is 8.39. The molecule has 150 valence electrons. The van der Waals surface area contributed by atoms with Crippen molar-refractivity contribution in [1.82, 2.24) is 4.98 Å². The van der Waals surface area contributed by atoms with Crippen LogP contribution < -0.4 is 0 Å². The molecule has 0 aliphatic rings. The molecule has 0 spiro atoms. The zero-order valence-electron chi connectivity index (χ0n) is 15.9. The van der Waals surface area contributed by atoms with Crippen LogP contribution in [0, 0.1) is 0 Å². The predicted molar refractivity (Wildman–Crippen MR) is 119 cm³/mol. The van der Waals surface area contributed by atoms with E-state index in [1.165, 1.54) is 18.0 Å². The normalized spacial score (nSPS) is 12.9. The molecular weight excluding hydrogens is 484 g/mol. The highest BCUT2D eigenvalue weighted by Crippen LogP contribution is 2.39. The molecule has 0 saturated carbocycles. The summed E-state index contributed by atoms with van der Waals surface area (Å²) in [7, 11) is -1.42. The van der Waals surface area contributed by atoms with Crippen molar-refractivity contribution in [1.29, 1.82) is 0 Å². The van der Waals surface area contributed by atoms with Crippen molar-refractivity contribution in [3.8, 4) is 0 Å². The molecule has 0 aliphatic carbocycles. The third-order valence-corrected chi connectivity index (χ3v) is 6.99. The maximum absolute atomic E-state index is 12.3. The summed E-state index contributed by atoms with van der Waals surface area (Å²) in [6.07, 6.45) is 3.13. The molecule has 0 fully saturated rings. The SMILES string of the molecule is CCOC(=O)c1cccnc1Sc1c(Cl)ccc(Br)c1C=NS(=O)C(C)(C)C. The Kier molecular flexibility index (Phi) is 8.24. The molecule has 0 N–H and O–H groups in total. The van der Waals surface area contributed by atoms with Gasteiger partial charge in [0.05, 0.1) is 21.9 Å². The number of rotatable bonds is 6. The van der Waals surface area contributed by atoms with Crippen LogP contribution >= 0.6 is 39.3 Å². The van der Waals surface area contributed by atoms with Gasteiger partial charge in [-0.3, -0.25) is 0 Å². The van der Waals surface area contributed by atoms with Crippen molar-refractivity contribution in [2.45, 2.75) is 42.4 Å². The van der Waals surface area contributed by atoms with Crippen LogP contribution in [0.5, 0.6) is 0 Å². The quantitative estimate of drug-likeness (QED) is 0.373. The van der Waals surface area contributed by atoms with E-state index in [0.717, 1.165) is 4.47 Å². The molecule has 0 amide bonds. The van der Waals surface area contributed by atoms with Crippen molar-refractivity contribution in [2.24, 2.45) is 4.40 Å². The average molecular weight is 504 g/mol. The minimum atomic E-state index is -1.42. The lowest BCUT2D eigenvalue weighted by Crippen LogP contribution is -2.19. The Bertz CT molecular complexity index is 930. The van der Waals surface area contributed by atoms with Crippen LogP contribution in [0.3, 0.4) is 0 Å². The zero-order valence-corrected chi connectivity index (χ0v) is 19.8. The molecule has 1 heterocycles. The van der Waals surface area contributed by atoms with Crippen molar-refractivity contribution in [2.75, 3.05) is 6.61 Å². The van der Waals surface area contributed by atoms with Crippen LogP contribution in [0.4, 0.5) is 0 Å². The van der Waals surface area contributed by atoms with Crippen LogP contribution in [0.2, 0.25) is 5.02 Å². The van der Waals surface area contributed by atoms with E-state index >= 15 is 0 Å². The van der Waals surface area contributed by atoms with Crippen LogP contribution in [0.1, 0.15) is 43.6 Å². The summed E-state index contributed by atoms with van der Waals surface area (Å²) in [5, 5.41) is 0.934. The molecule has 28 heavy (non-hydrogen) atoms. The predicted octanol–water partition coefficient (Wildman–Crippen LogP) is 5.71. The topological polar surface area (TPSA) is 68.6 Å². The van der Waals surface area contributed by atoms with E-state index in [1.807, 2.05) is 20.8 Å². The fourth-order valence-electron chi connectivity index (χ4n) is 1.96. The fraction of sp³-hybridized carbons (Fsp3) is 0.316. The number of hydrogen-bond donors (Lipinski definition) is 0. The maximum atomic E-state index is 12.3. The molecule has 9 heteroatoms. The number of carbonyl (C=O) groups is 1. The summed E-state index contributed by atoms with van der Waals surface area (Å²) in [6, 6.07) is 6.85. The number of benzene rings is 1. The van der Waals surface area contributed by atoms with Crippen molar-refractivity contribution in [3.05, 3.63) is 51.1 Å². The number of aromatic nitrogens is 1. The zero-order chi connectivity index (χ0) is 20.9. The number of pyridine rings is 1. The first-order chi connectivity index (χ1) is 13.1. The van der Waals surface area contributed by atoms with Crippen molar-refractivity contribution < 1.29 is 13.7 Å². The van der Waals surface area contributed by atoms with Gasteiger partial charge in [0.2, 0.25) is 0 Å². The lowest BCUT2D eigenvalue weighted by Gasteiger charge is -2.14. The largest absolute Gasteiger partial charge is 0.462 e. The van der Waals surface area contributed by atoms with Crippen molar-refractivity contribution >= 4 is 62.5 Å². The second-order valence-corrected chi connectivity index (χ2v) is 10.7. The third-order valence-electron chi connectivity index (χ3n) is 3.36. The Morgan fingerprint density at radius 3 is 2.75 bits per heavy atom. The van der Waals surface area contributed by atoms with E-state index in [4.69, 9.17) is 16.3 Å². The summed E-state index contributed by atoms with van der Waals surface area (Å²) in [6.45, 7) is 7.57. The second kappa shape index (κ2) is 10.0. The van der Waals surface area contributed by atoms with Gasteiger partial charge in [0.1, 0.15) is 16.0 Å². The molecular formula is C19H20BrClN2O3S2. The van der Waals surface area contributed by atoms with Gasteiger partial charge in [-0.2, -0.15) is 4.40 Å². The van der Waals surface area contributed by atoms with Gasteiger partial charge in [-0.15, -0.1) is 0 Å². The number of nitrogens with zero attached hydrogens (tertiary/aromatic N) is 2. The summed E-state index contributed by atoms with van der Waals surface area (Å²) >= 11 is 11.2. The Morgan fingerprint density at radius 1 is 1.39 bits per heavy atom. The first-order valence-corrected chi connectivity index (χ1v) is 11.5. The lowest BCUT2D eigenvalue weighted by molar-refractivity contribution is 0.0521.